The number of likely N-dealkylation sites (tertiary alicyclic amines) is 1. The van der Waals surface area contributed by atoms with Crippen molar-refractivity contribution in [3.8, 4) is 0 Å². The van der Waals surface area contributed by atoms with Gasteiger partial charge < -0.3 is 0 Å². The molecule has 3 unspecified atom stereocenters. The summed E-state index contributed by atoms with van der Waals surface area (Å²) < 4.78 is 0. The van der Waals surface area contributed by atoms with Crippen LogP contribution in [0, 0.1) is 5.92 Å². The third-order valence-electron chi connectivity index (χ3n) is 5.76. The summed E-state index contributed by atoms with van der Waals surface area (Å²) >= 11 is 0. The molecule has 2 fully saturated rings. The number of carbonyl (C=O) groups is 1. The van der Waals surface area contributed by atoms with Crippen LogP contribution in [0.25, 0.3) is 0 Å². The van der Waals surface area contributed by atoms with Gasteiger partial charge in [0.05, 0.1) is 0 Å². The molecule has 1 saturated heterocycles. The predicted octanol–water partition coefficient (Wildman–Crippen LogP) is 4.76. The molecule has 1 aliphatic carbocycles. The molecule has 0 radical (unpaired) electrons. The average molecular weight is 319 g/mol. The van der Waals surface area contributed by atoms with Gasteiger partial charge in [0.15, 0.2) is 0 Å². The number of nitrogens with zero attached hydrogens (tertiary/aromatic N) is 1. The fourth-order valence-corrected chi connectivity index (χ4v) is 4.58. The molecule has 4 rings (SSSR count). The summed E-state index contributed by atoms with van der Waals surface area (Å²) in [4.78, 5) is 15.4. The summed E-state index contributed by atoms with van der Waals surface area (Å²) in [6.07, 6.45) is 5.37. The monoisotopic (exact) mass is 319 g/mol. The first-order valence-corrected chi connectivity index (χ1v) is 9.20. The standard InChI is InChI=1S/C22H25NO/c24-22-15-21(18-11-5-2-6-12-18)23(16-17-9-3-1-4-10-17)20-14-8-7-13-19(20)22/h1-6,9-12,19-21H,7-8,13-16H2. The van der Waals surface area contributed by atoms with E-state index in [9.17, 15) is 4.79 Å². The van der Waals surface area contributed by atoms with Crippen LogP contribution in [0.2, 0.25) is 0 Å². The number of hydrogen-bond donors (Lipinski definition) is 0. The van der Waals surface area contributed by atoms with Crippen LogP contribution in [0.4, 0.5) is 0 Å². The van der Waals surface area contributed by atoms with E-state index in [1.165, 1.54) is 24.0 Å². The van der Waals surface area contributed by atoms with Crippen LogP contribution in [0.3, 0.4) is 0 Å². The maximum Gasteiger partial charge on any atom is 0.139 e. The van der Waals surface area contributed by atoms with Crippen molar-refractivity contribution < 1.29 is 4.79 Å². The second kappa shape index (κ2) is 6.90. The van der Waals surface area contributed by atoms with Crippen molar-refractivity contribution in [3.05, 3.63) is 71.8 Å². The average Bonchev–Trinajstić information content (AvgIpc) is 2.65. The van der Waals surface area contributed by atoms with Gasteiger partial charge in [-0.25, -0.2) is 0 Å². The molecular weight excluding hydrogens is 294 g/mol. The van der Waals surface area contributed by atoms with Crippen molar-refractivity contribution in [2.75, 3.05) is 0 Å². The van der Waals surface area contributed by atoms with Gasteiger partial charge in [0.2, 0.25) is 0 Å². The van der Waals surface area contributed by atoms with Crippen LogP contribution in [0.1, 0.15) is 49.3 Å². The number of fused-ring (bicyclic) bond motifs is 1. The van der Waals surface area contributed by atoms with E-state index in [1.807, 2.05) is 0 Å². The molecule has 24 heavy (non-hydrogen) atoms. The zero-order chi connectivity index (χ0) is 16.4. The van der Waals surface area contributed by atoms with E-state index in [0.717, 1.165) is 19.4 Å². The SMILES string of the molecule is O=C1CC(c2ccccc2)N(Cc2ccccc2)C2CCCCC12. The fourth-order valence-electron chi connectivity index (χ4n) is 4.58. The number of benzene rings is 2. The summed E-state index contributed by atoms with van der Waals surface area (Å²) in [6, 6.07) is 21.9. The van der Waals surface area contributed by atoms with Gasteiger partial charge in [0.1, 0.15) is 5.78 Å². The lowest BCUT2D eigenvalue weighted by Gasteiger charge is -2.48. The van der Waals surface area contributed by atoms with E-state index in [0.29, 0.717) is 18.2 Å². The second-order valence-electron chi connectivity index (χ2n) is 7.21. The minimum atomic E-state index is 0.221. The molecule has 2 aliphatic rings. The zero-order valence-corrected chi connectivity index (χ0v) is 14.1. The van der Waals surface area contributed by atoms with E-state index < -0.39 is 0 Å². The van der Waals surface area contributed by atoms with Gasteiger partial charge in [-0.1, -0.05) is 73.5 Å². The molecule has 1 saturated carbocycles. The Morgan fingerprint density at radius 1 is 0.875 bits per heavy atom. The van der Waals surface area contributed by atoms with Gasteiger partial charge in [0.25, 0.3) is 0 Å². The third kappa shape index (κ3) is 3.03. The summed E-state index contributed by atoms with van der Waals surface area (Å²) in [5.74, 6) is 0.736. The first-order valence-electron chi connectivity index (χ1n) is 9.20. The first kappa shape index (κ1) is 15.6. The molecule has 3 atom stereocenters. The van der Waals surface area contributed by atoms with E-state index in [-0.39, 0.29) is 12.0 Å². The van der Waals surface area contributed by atoms with Crippen molar-refractivity contribution in [1.82, 2.24) is 4.90 Å². The second-order valence-corrected chi connectivity index (χ2v) is 7.21. The van der Waals surface area contributed by atoms with E-state index in [1.54, 1.807) is 0 Å². The number of piperidine rings is 1. The summed E-state index contributed by atoms with van der Waals surface area (Å²) in [6.45, 7) is 0.939. The first-order chi connectivity index (χ1) is 11.8. The predicted molar refractivity (Wildman–Crippen MR) is 96.5 cm³/mol. The molecule has 2 nitrogen and oxygen atoms in total. The quantitative estimate of drug-likeness (QED) is 0.813. The van der Waals surface area contributed by atoms with Gasteiger partial charge in [-0.15, -0.1) is 0 Å². The minimum Gasteiger partial charge on any atom is -0.299 e. The normalized spacial score (nSPS) is 27.7. The Labute approximate surface area is 144 Å². The highest BCUT2D eigenvalue weighted by molar-refractivity contribution is 5.83. The van der Waals surface area contributed by atoms with E-state index in [2.05, 4.69) is 65.6 Å². The highest BCUT2D eigenvalue weighted by atomic mass is 16.1. The van der Waals surface area contributed by atoms with Gasteiger partial charge in [-0.3, -0.25) is 9.69 Å². The maximum atomic E-state index is 12.8. The molecule has 2 aromatic rings. The highest BCUT2D eigenvalue weighted by Crippen LogP contribution is 2.42. The number of Topliss-reactive ketones (excluding diaryl/α,β-unsaturated/α-hetero) is 1. The van der Waals surface area contributed by atoms with Crippen molar-refractivity contribution in [2.24, 2.45) is 5.92 Å². The van der Waals surface area contributed by atoms with Crippen LogP contribution >= 0.6 is 0 Å². The third-order valence-corrected chi connectivity index (χ3v) is 5.76. The lowest BCUT2D eigenvalue weighted by Crippen LogP contribution is -2.51. The molecule has 2 heteroatoms. The molecular formula is C22H25NO. The molecule has 0 N–H and O–H groups in total. The summed E-state index contributed by atoms with van der Waals surface area (Å²) in [5, 5.41) is 0. The van der Waals surface area contributed by atoms with Crippen LogP contribution in [-0.4, -0.2) is 16.7 Å². The molecule has 1 heterocycles. The summed E-state index contributed by atoms with van der Waals surface area (Å²) in [7, 11) is 0. The van der Waals surface area contributed by atoms with Gasteiger partial charge >= 0.3 is 0 Å². The molecule has 124 valence electrons. The summed E-state index contributed by atoms with van der Waals surface area (Å²) in [5.41, 5.74) is 2.63. The fraction of sp³-hybridized carbons (Fsp3) is 0.409. The molecule has 0 bridgehead atoms. The van der Waals surface area contributed by atoms with Gasteiger partial charge in [-0.2, -0.15) is 0 Å². The molecule has 0 amide bonds. The van der Waals surface area contributed by atoms with Crippen LogP contribution in [0.5, 0.6) is 0 Å². The van der Waals surface area contributed by atoms with Crippen molar-refractivity contribution in [3.63, 3.8) is 0 Å². The Morgan fingerprint density at radius 2 is 1.54 bits per heavy atom. The Hall–Kier alpha value is -1.93. The molecule has 2 aromatic carbocycles. The lowest BCUT2D eigenvalue weighted by atomic mass is 9.74. The molecule has 0 spiro atoms. The largest absolute Gasteiger partial charge is 0.299 e. The topological polar surface area (TPSA) is 20.3 Å². The van der Waals surface area contributed by atoms with E-state index in [4.69, 9.17) is 0 Å². The van der Waals surface area contributed by atoms with E-state index >= 15 is 0 Å². The zero-order valence-electron chi connectivity index (χ0n) is 14.1. The van der Waals surface area contributed by atoms with Crippen LogP contribution in [-0.2, 0) is 11.3 Å². The Bertz CT molecular complexity index is 682. The lowest BCUT2D eigenvalue weighted by molar-refractivity contribution is -0.134. The Kier molecular flexibility index (Phi) is 4.48. The van der Waals surface area contributed by atoms with Gasteiger partial charge in [0, 0.05) is 31.0 Å². The Balaban J connectivity index is 1.68. The number of rotatable bonds is 3. The number of carbonyl (C=O) groups excluding carboxylic acids is 1. The van der Waals surface area contributed by atoms with Crippen molar-refractivity contribution >= 4 is 5.78 Å². The smallest absolute Gasteiger partial charge is 0.139 e. The van der Waals surface area contributed by atoms with Crippen LogP contribution in [0.15, 0.2) is 60.7 Å². The number of ketones is 1. The maximum absolute atomic E-state index is 12.8. The minimum absolute atomic E-state index is 0.221. The van der Waals surface area contributed by atoms with Crippen molar-refractivity contribution in [2.45, 2.75) is 50.7 Å². The van der Waals surface area contributed by atoms with Crippen LogP contribution < -0.4 is 0 Å². The molecule has 0 aromatic heterocycles. The highest BCUT2D eigenvalue weighted by Gasteiger charge is 2.43. The Morgan fingerprint density at radius 3 is 2.29 bits per heavy atom. The van der Waals surface area contributed by atoms with Crippen molar-refractivity contribution in [1.29, 1.82) is 0 Å². The number of hydrogen-bond acceptors (Lipinski definition) is 2. The van der Waals surface area contributed by atoms with Gasteiger partial charge in [-0.05, 0) is 24.0 Å². The molecule has 1 aliphatic heterocycles.